The highest BCUT2D eigenvalue weighted by Gasteiger charge is 2.19. The van der Waals surface area contributed by atoms with Crippen LogP contribution in [0.25, 0.3) is 0 Å². The van der Waals surface area contributed by atoms with Gasteiger partial charge in [0.1, 0.15) is 17.0 Å². The van der Waals surface area contributed by atoms with Gasteiger partial charge in [-0.15, -0.1) is 0 Å². The lowest BCUT2D eigenvalue weighted by Crippen LogP contribution is -2.02. The van der Waals surface area contributed by atoms with Crippen molar-refractivity contribution in [2.24, 2.45) is 0 Å². The summed E-state index contributed by atoms with van der Waals surface area (Å²) in [6.07, 6.45) is 0.416. The van der Waals surface area contributed by atoms with Gasteiger partial charge in [-0.25, -0.2) is 4.79 Å². The van der Waals surface area contributed by atoms with Gasteiger partial charge in [-0.3, -0.25) is 0 Å². The van der Waals surface area contributed by atoms with E-state index in [0.29, 0.717) is 23.6 Å². The third-order valence-electron chi connectivity index (χ3n) is 2.50. The van der Waals surface area contributed by atoms with E-state index in [9.17, 15) is 4.79 Å². The molecule has 5 heteroatoms. The first-order chi connectivity index (χ1) is 8.08. The van der Waals surface area contributed by atoms with Crippen molar-refractivity contribution in [3.05, 3.63) is 46.8 Å². The average molecular weight is 232 g/mol. The van der Waals surface area contributed by atoms with Crippen molar-refractivity contribution >= 4 is 11.7 Å². The normalized spacial score (nSPS) is 10.4. The maximum absolute atomic E-state index is 11.0. The number of nitrogens with zero attached hydrogens (tertiary/aromatic N) is 1. The molecule has 0 radical (unpaired) electrons. The number of benzene rings is 1. The van der Waals surface area contributed by atoms with Gasteiger partial charge in [0.05, 0.1) is 0 Å². The largest absolute Gasteiger partial charge is 0.477 e. The Hall–Kier alpha value is -2.30. The van der Waals surface area contributed by atoms with Crippen LogP contribution in [0.2, 0.25) is 0 Å². The number of hydrogen-bond donors (Lipinski definition) is 2. The molecule has 1 aromatic heterocycles. The highest BCUT2D eigenvalue weighted by atomic mass is 16.5. The number of aryl methyl sites for hydroxylation is 1. The molecule has 0 fully saturated rings. The third kappa shape index (κ3) is 2.28. The smallest absolute Gasteiger partial charge is 0.341 e. The van der Waals surface area contributed by atoms with Gasteiger partial charge in [0.25, 0.3) is 0 Å². The second kappa shape index (κ2) is 4.29. The van der Waals surface area contributed by atoms with Crippen LogP contribution in [0.15, 0.2) is 28.8 Å². The van der Waals surface area contributed by atoms with E-state index in [-0.39, 0.29) is 5.56 Å². The highest BCUT2D eigenvalue weighted by Crippen LogP contribution is 2.17. The molecule has 0 bridgehead atoms. The van der Waals surface area contributed by atoms with Crippen LogP contribution in [-0.2, 0) is 6.42 Å². The van der Waals surface area contributed by atoms with Crippen LogP contribution < -0.4 is 5.73 Å². The van der Waals surface area contributed by atoms with E-state index in [1.54, 1.807) is 19.1 Å². The molecule has 0 spiro atoms. The molecule has 17 heavy (non-hydrogen) atoms. The van der Waals surface area contributed by atoms with Crippen LogP contribution in [0.5, 0.6) is 0 Å². The summed E-state index contributed by atoms with van der Waals surface area (Å²) in [6.45, 7) is 1.59. The fraction of sp³-hybridized carbons (Fsp3) is 0.167. The molecule has 88 valence electrons. The maximum Gasteiger partial charge on any atom is 0.341 e. The van der Waals surface area contributed by atoms with E-state index >= 15 is 0 Å². The minimum atomic E-state index is -1.02. The Bertz CT molecular complexity index is 543. The van der Waals surface area contributed by atoms with Gasteiger partial charge in [-0.05, 0) is 24.6 Å². The molecular formula is C12H12N2O3. The standard InChI is InChI=1S/C12H12N2O3/c1-7-11(12(15)16)10(14-17-7)6-8-2-4-9(13)5-3-8/h2-5H,6,13H2,1H3,(H,15,16). The van der Waals surface area contributed by atoms with Crippen molar-refractivity contribution in [3.8, 4) is 0 Å². The molecule has 0 unspecified atom stereocenters. The fourth-order valence-corrected chi connectivity index (χ4v) is 1.64. The molecule has 0 aliphatic rings. The predicted octanol–water partition coefficient (Wildman–Crippen LogP) is 1.85. The van der Waals surface area contributed by atoms with Gasteiger partial charge in [0.2, 0.25) is 0 Å². The molecule has 0 aliphatic carbocycles. The Morgan fingerprint density at radius 2 is 2.06 bits per heavy atom. The Kier molecular flexibility index (Phi) is 2.82. The fourth-order valence-electron chi connectivity index (χ4n) is 1.64. The molecule has 0 aliphatic heterocycles. The van der Waals surface area contributed by atoms with Crippen molar-refractivity contribution in [3.63, 3.8) is 0 Å². The number of nitrogens with two attached hydrogens (primary N) is 1. The number of nitrogen functional groups attached to an aromatic ring is 1. The predicted molar refractivity (Wildman–Crippen MR) is 61.9 cm³/mol. The number of anilines is 1. The summed E-state index contributed by atoms with van der Waals surface area (Å²) in [7, 11) is 0. The number of carboxylic acids is 1. The van der Waals surface area contributed by atoms with Crippen LogP contribution >= 0.6 is 0 Å². The van der Waals surface area contributed by atoms with Crippen molar-refractivity contribution in [2.45, 2.75) is 13.3 Å². The second-order valence-corrected chi connectivity index (χ2v) is 3.78. The molecule has 0 atom stereocenters. The first kappa shape index (κ1) is 11.2. The molecule has 2 rings (SSSR count). The second-order valence-electron chi connectivity index (χ2n) is 3.78. The van der Waals surface area contributed by atoms with Crippen LogP contribution in [-0.4, -0.2) is 16.2 Å². The zero-order valence-electron chi connectivity index (χ0n) is 9.30. The summed E-state index contributed by atoms with van der Waals surface area (Å²) in [5.74, 6) is -0.697. The molecular weight excluding hydrogens is 220 g/mol. The molecule has 2 aromatic rings. The van der Waals surface area contributed by atoms with Crippen molar-refractivity contribution in [1.82, 2.24) is 5.16 Å². The van der Waals surface area contributed by atoms with Gasteiger partial charge in [-0.2, -0.15) is 0 Å². The number of carboxylic acid groups (broad SMARTS) is 1. The van der Waals surface area contributed by atoms with Crippen molar-refractivity contribution in [1.29, 1.82) is 0 Å². The third-order valence-corrected chi connectivity index (χ3v) is 2.50. The number of aromatic nitrogens is 1. The summed E-state index contributed by atoms with van der Waals surface area (Å²) in [6, 6.07) is 7.21. The zero-order valence-corrected chi connectivity index (χ0v) is 9.30. The minimum Gasteiger partial charge on any atom is -0.477 e. The number of rotatable bonds is 3. The molecule has 3 N–H and O–H groups in total. The lowest BCUT2D eigenvalue weighted by atomic mass is 10.1. The lowest BCUT2D eigenvalue weighted by Gasteiger charge is -2.00. The van der Waals surface area contributed by atoms with Crippen molar-refractivity contribution < 1.29 is 14.4 Å². The molecule has 0 saturated carbocycles. The summed E-state index contributed by atoms with van der Waals surface area (Å²) >= 11 is 0. The monoisotopic (exact) mass is 232 g/mol. The van der Waals surface area contributed by atoms with Crippen molar-refractivity contribution in [2.75, 3.05) is 5.73 Å². The van der Waals surface area contributed by atoms with E-state index in [1.807, 2.05) is 12.1 Å². The SMILES string of the molecule is Cc1onc(Cc2ccc(N)cc2)c1C(=O)O. The van der Waals surface area contributed by atoms with Gasteiger partial charge in [-0.1, -0.05) is 17.3 Å². The molecule has 1 heterocycles. The van der Waals surface area contributed by atoms with Gasteiger partial charge in [0.15, 0.2) is 0 Å². The van der Waals surface area contributed by atoms with Crippen LogP contribution in [0.3, 0.4) is 0 Å². The minimum absolute atomic E-state index is 0.141. The van der Waals surface area contributed by atoms with Crippen LogP contribution in [0.1, 0.15) is 27.4 Å². The summed E-state index contributed by atoms with van der Waals surface area (Å²) < 4.78 is 4.90. The molecule has 0 saturated heterocycles. The van der Waals surface area contributed by atoms with Gasteiger partial charge >= 0.3 is 5.97 Å². The Morgan fingerprint density at radius 1 is 1.41 bits per heavy atom. The quantitative estimate of drug-likeness (QED) is 0.788. The Labute approximate surface area is 97.8 Å². The zero-order chi connectivity index (χ0) is 12.4. The van der Waals surface area contributed by atoms with E-state index in [2.05, 4.69) is 5.16 Å². The van der Waals surface area contributed by atoms with E-state index < -0.39 is 5.97 Å². The first-order valence-corrected chi connectivity index (χ1v) is 5.11. The topological polar surface area (TPSA) is 89.4 Å². The average Bonchev–Trinajstić information content (AvgIpc) is 2.63. The molecule has 5 nitrogen and oxygen atoms in total. The number of carbonyl (C=O) groups is 1. The Morgan fingerprint density at radius 3 is 2.65 bits per heavy atom. The maximum atomic E-state index is 11.0. The van der Waals surface area contributed by atoms with Crippen LogP contribution in [0, 0.1) is 6.92 Å². The Balaban J connectivity index is 2.30. The number of aromatic carboxylic acids is 1. The first-order valence-electron chi connectivity index (χ1n) is 5.11. The highest BCUT2D eigenvalue weighted by molar-refractivity contribution is 5.89. The summed E-state index contributed by atoms with van der Waals surface area (Å²) in [5.41, 5.74) is 7.75. The summed E-state index contributed by atoms with van der Waals surface area (Å²) in [4.78, 5) is 11.0. The number of hydrogen-bond acceptors (Lipinski definition) is 4. The summed E-state index contributed by atoms with van der Waals surface area (Å²) in [5, 5.41) is 12.8. The lowest BCUT2D eigenvalue weighted by molar-refractivity contribution is 0.0694. The molecule has 1 aromatic carbocycles. The van der Waals surface area contributed by atoms with E-state index in [1.165, 1.54) is 0 Å². The van der Waals surface area contributed by atoms with Gasteiger partial charge < -0.3 is 15.4 Å². The van der Waals surface area contributed by atoms with E-state index in [4.69, 9.17) is 15.4 Å². The van der Waals surface area contributed by atoms with E-state index in [0.717, 1.165) is 5.56 Å². The van der Waals surface area contributed by atoms with Crippen LogP contribution in [0.4, 0.5) is 5.69 Å². The molecule has 0 amide bonds. The van der Waals surface area contributed by atoms with Gasteiger partial charge in [0, 0.05) is 12.1 Å².